The first kappa shape index (κ1) is 57.1. The van der Waals surface area contributed by atoms with Crippen LogP contribution in [0.3, 0.4) is 0 Å². The van der Waals surface area contributed by atoms with Crippen molar-refractivity contribution >= 4 is 91.3 Å². The van der Waals surface area contributed by atoms with E-state index in [9.17, 15) is 0 Å². The minimum Gasteiger partial charge on any atom is -0.311 e. The molecular weight excluding hydrogens is 1000 g/mol. The van der Waals surface area contributed by atoms with Gasteiger partial charge in [0, 0.05) is 56.9 Å². The number of nitrogens with zero attached hydrogens (tertiary/aromatic N) is 4. The van der Waals surface area contributed by atoms with Crippen molar-refractivity contribution in [1.29, 1.82) is 0 Å². The summed E-state index contributed by atoms with van der Waals surface area (Å²) in [7, 11) is 0. The molecule has 0 fully saturated rings. The van der Waals surface area contributed by atoms with Crippen LogP contribution in [0, 0.1) is 55.4 Å². The zero-order valence-electron chi connectivity index (χ0n) is 53.5. The second-order valence-electron chi connectivity index (χ2n) is 28.5. The van der Waals surface area contributed by atoms with Crippen LogP contribution in [0.25, 0.3) is 0 Å². The lowest BCUT2D eigenvalue weighted by molar-refractivity contribution is 0.590. The van der Waals surface area contributed by atoms with Gasteiger partial charge in [0.05, 0.1) is 11.4 Å². The Hall–Kier alpha value is -7.76. The molecule has 0 saturated heterocycles. The van der Waals surface area contributed by atoms with Crippen molar-refractivity contribution in [3.05, 3.63) is 231 Å². The fourth-order valence-electron chi connectivity index (χ4n) is 12.9. The van der Waals surface area contributed by atoms with Gasteiger partial charge in [0.2, 0.25) is 0 Å². The molecule has 5 heteroatoms. The molecule has 83 heavy (non-hydrogen) atoms. The third-order valence-corrected chi connectivity index (χ3v) is 18.2. The second kappa shape index (κ2) is 20.5. The number of anilines is 12. The highest BCUT2D eigenvalue weighted by Crippen LogP contribution is 2.50. The van der Waals surface area contributed by atoms with E-state index in [1.807, 2.05) is 0 Å². The highest BCUT2D eigenvalue weighted by Gasteiger charge is 2.45. The highest BCUT2D eigenvalue weighted by atomic mass is 15.2. The Labute approximate surface area is 498 Å². The predicted octanol–water partition coefficient (Wildman–Crippen LogP) is 20.4. The molecule has 0 aliphatic carbocycles. The van der Waals surface area contributed by atoms with Gasteiger partial charge in [-0.3, -0.25) is 0 Å². The summed E-state index contributed by atoms with van der Waals surface area (Å²) in [4.78, 5) is 10.2. The zero-order valence-corrected chi connectivity index (χ0v) is 53.5. The van der Waals surface area contributed by atoms with Gasteiger partial charge in [0.25, 0.3) is 6.71 Å². The average molecular weight is 1090 g/mol. The molecule has 0 atom stereocenters. The van der Waals surface area contributed by atoms with Gasteiger partial charge >= 0.3 is 0 Å². The van der Waals surface area contributed by atoms with Crippen LogP contribution in [0.2, 0.25) is 0 Å². The van der Waals surface area contributed by atoms with Gasteiger partial charge in [-0.25, -0.2) is 0 Å². The van der Waals surface area contributed by atoms with Gasteiger partial charge in [-0.1, -0.05) is 162 Å². The van der Waals surface area contributed by atoms with Crippen LogP contribution in [-0.2, 0) is 21.7 Å². The van der Waals surface area contributed by atoms with Crippen LogP contribution in [-0.4, -0.2) is 6.71 Å². The van der Waals surface area contributed by atoms with E-state index in [-0.39, 0.29) is 28.4 Å². The molecule has 2 heterocycles. The predicted molar refractivity (Wildman–Crippen MR) is 363 cm³/mol. The van der Waals surface area contributed by atoms with E-state index in [0.29, 0.717) is 0 Å². The van der Waals surface area contributed by atoms with Crippen molar-refractivity contribution in [2.75, 3.05) is 19.6 Å². The molecule has 0 aromatic heterocycles. The summed E-state index contributed by atoms with van der Waals surface area (Å²) in [6.07, 6.45) is 0. The molecule has 0 bridgehead atoms. The summed E-state index contributed by atoms with van der Waals surface area (Å²) in [6.45, 7) is 45.8. The van der Waals surface area contributed by atoms with E-state index in [2.05, 4.69) is 322 Å². The molecular formula is C78H87BN4. The molecule has 4 nitrogen and oxygen atoms in total. The van der Waals surface area contributed by atoms with Crippen LogP contribution in [0.4, 0.5) is 68.2 Å². The Balaban J connectivity index is 1.21. The summed E-state index contributed by atoms with van der Waals surface area (Å²) in [6, 6.07) is 64.0. The first-order valence-electron chi connectivity index (χ1n) is 30.2. The van der Waals surface area contributed by atoms with E-state index in [1.54, 1.807) is 0 Å². The fraction of sp³-hybridized carbons (Fsp3) is 0.308. The van der Waals surface area contributed by atoms with Gasteiger partial charge < -0.3 is 19.6 Å². The normalized spacial score (nSPS) is 13.2. The molecule has 0 spiro atoms. The van der Waals surface area contributed by atoms with E-state index in [0.717, 1.165) is 34.1 Å². The molecule has 0 unspecified atom stereocenters. The molecule has 0 amide bonds. The van der Waals surface area contributed by atoms with Crippen LogP contribution < -0.4 is 36.0 Å². The smallest absolute Gasteiger partial charge is 0.252 e. The van der Waals surface area contributed by atoms with Crippen molar-refractivity contribution in [2.24, 2.45) is 0 Å². The van der Waals surface area contributed by atoms with Gasteiger partial charge in [-0.2, -0.15) is 0 Å². The summed E-state index contributed by atoms with van der Waals surface area (Å²) in [5.74, 6) is 0. The van der Waals surface area contributed by atoms with Gasteiger partial charge in [-0.05, 0) is 245 Å². The van der Waals surface area contributed by atoms with E-state index in [1.165, 1.54) is 117 Å². The summed E-state index contributed by atoms with van der Waals surface area (Å²) >= 11 is 0. The van der Waals surface area contributed by atoms with Gasteiger partial charge in [0.1, 0.15) is 0 Å². The van der Waals surface area contributed by atoms with E-state index >= 15 is 0 Å². The molecule has 422 valence electrons. The Morgan fingerprint density at radius 3 is 0.831 bits per heavy atom. The molecule has 9 aromatic rings. The average Bonchev–Trinajstić information content (AvgIpc) is 1.07. The van der Waals surface area contributed by atoms with Crippen molar-refractivity contribution in [3.8, 4) is 0 Å². The van der Waals surface area contributed by atoms with Gasteiger partial charge in [-0.15, -0.1) is 0 Å². The number of hydrogen-bond donors (Lipinski definition) is 0. The van der Waals surface area contributed by atoms with Crippen molar-refractivity contribution in [3.63, 3.8) is 0 Å². The van der Waals surface area contributed by atoms with Crippen molar-refractivity contribution in [1.82, 2.24) is 0 Å². The quantitative estimate of drug-likeness (QED) is 0.141. The van der Waals surface area contributed by atoms with Crippen LogP contribution >= 0.6 is 0 Å². The maximum absolute atomic E-state index is 2.61. The van der Waals surface area contributed by atoms with Crippen LogP contribution in [0.5, 0.6) is 0 Å². The number of aryl methyl sites for hydroxylation is 8. The molecule has 11 rings (SSSR count). The summed E-state index contributed by atoms with van der Waals surface area (Å²) in [5.41, 5.74) is 33.3. The third-order valence-electron chi connectivity index (χ3n) is 18.2. The molecule has 2 aliphatic rings. The lowest BCUT2D eigenvalue weighted by Crippen LogP contribution is -2.61. The Kier molecular flexibility index (Phi) is 14.1. The largest absolute Gasteiger partial charge is 0.311 e. The SMILES string of the molecule is Cc1cc(C)c(N2c3cc(N(c4ccc(C(C)(C)C)cc4)c4ccc(C(C)(C)C)cc4)c(C)cc3B3c4cc(C)c(N(c5ccc(C(C)(C)C)cc5)c5ccc(C(C)(C)C)cc5)cc4N(c4cc(C)c(C)cc4C)c4cccc2c43)cc1C. The van der Waals surface area contributed by atoms with Crippen molar-refractivity contribution in [2.45, 2.75) is 160 Å². The first-order valence-corrected chi connectivity index (χ1v) is 30.2. The monoisotopic (exact) mass is 1090 g/mol. The molecule has 0 saturated carbocycles. The van der Waals surface area contributed by atoms with Crippen molar-refractivity contribution < 1.29 is 0 Å². The van der Waals surface area contributed by atoms with Crippen LogP contribution in [0.1, 0.15) is 150 Å². The number of hydrogen-bond acceptors (Lipinski definition) is 4. The maximum Gasteiger partial charge on any atom is 0.252 e. The Morgan fingerprint density at radius 1 is 0.277 bits per heavy atom. The fourth-order valence-corrected chi connectivity index (χ4v) is 12.9. The Morgan fingerprint density at radius 2 is 0.554 bits per heavy atom. The van der Waals surface area contributed by atoms with Crippen LogP contribution in [0.15, 0.2) is 164 Å². The molecule has 2 aliphatic heterocycles. The second-order valence-corrected chi connectivity index (χ2v) is 28.5. The zero-order chi connectivity index (χ0) is 59.6. The van der Waals surface area contributed by atoms with E-state index in [4.69, 9.17) is 0 Å². The minimum atomic E-state index is -0.0888. The number of benzene rings is 9. The van der Waals surface area contributed by atoms with Gasteiger partial charge in [0.15, 0.2) is 0 Å². The lowest BCUT2D eigenvalue weighted by Gasteiger charge is -2.46. The molecule has 0 radical (unpaired) electrons. The number of fused-ring (bicyclic) bond motifs is 4. The standard InChI is InChI=1S/C78H87BN4/c1-48-40-52(5)68(44-50(48)3)82-66-22-21-23-67-74(66)79(64-42-54(7)70(46-72(64)82)80(60-32-24-56(25-33-60)75(9,10)11)61-34-26-57(27-35-61)76(12,13)14)65-43-55(8)71(47-73(65)83(67)69-45-51(4)49(2)41-53(69)6)81(62-36-28-58(29-37-62)77(15,16)17)63-38-30-59(31-39-63)78(18,19)20/h21-47H,1-20H3. The summed E-state index contributed by atoms with van der Waals surface area (Å²) in [5, 5.41) is 0. The highest BCUT2D eigenvalue weighted by molar-refractivity contribution is 7.00. The topological polar surface area (TPSA) is 13.0 Å². The lowest BCUT2D eigenvalue weighted by atomic mass is 9.33. The Bertz CT molecular complexity index is 3600. The molecule has 0 N–H and O–H groups in total. The maximum atomic E-state index is 2.61. The van der Waals surface area contributed by atoms with E-state index < -0.39 is 0 Å². The first-order chi connectivity index (χ1) is 39.0. The minimum absolute atomic E-state index is 0.0197. The number of rotatable bonds is 8. The third kappa shape index (κ3) is 10.3. The molecule has 9 aromatic carbocycles. The summed E-state index contributed by atoms with van der Waals surface area (Å²) < 4.78 is 0.